The van der Waals surface area contributed by atoms with Crippen molar-refractivity contribution < 1.29 is 19.1 Å². The molecule has 2 aliphatic heterocycles. The van der Waals surface area contributed by atoms with E-state index >= 15 is 0 Å². The number of likely N-dealkylation sites (tertiary alicyclic amines) is 1. The molecule has 2 aromatic rings. The zero-order valence-corrected chi connectivity index (χ0v) is 20.5. The van der Waals surface area contributed by atoms with Gasteiger partial charge in [0.05, 0.1) is 10.3 Å². The number of nitrogens with zero attached hydrogens (tertiary/aromatic N) is 3. The van der Waals surface area contributed by atoms with Crippen molar-refractivity contribution in [2.45, 2.75) is 62.6 Å². The number of nitrogens with one attached hydrogen (secondary N) is 1. The Labute approximate surface area is 207 Å². The van der Waals surface area contributed by atoms with Gasteiger partial charge < -0.3 is 15.0 Å². The number of hydrogen-bond acceptors (Lipinski definition) is 7. The van der Waals surface area contributed by atoms with Gasteiger partial charge in [0.1, 0.15) is 30.6 Å². The minimum Gasteiger partial charge on any atom is -0.366 e. The Hall–Kier alpha value is -2.36. The monoisotopic (exact) mass is 502 g/mol. The van der Waals surface area contributed by atoms with E-state index < -0.39 is 23.6 Å². The molecule has 0 spiro atoms. The lowest BCUT2D eigenvalue weighted by Crippen LogP contribution is -2.55. The minimum atomic E-state index is -0.697. The van der Waals surface area contributed by atoms with E-state index in [0.29, 0.717) is 10.7 Å². The van der Waals surface area contributed by atoms with Gasteiger partial charge in [0, 0.05) is 29.4 Å². The first-order valence-electron chi connectivity index (χ1n) is 11.7. The van der Waals surface area contributed by atoms with Crippen molar-refractivity contribution in [1.82, 2.24) is 20.2 Å². The van der Waals surface area contributed by atoms with E-state index in [4.69, 9.17) is 16.3 Å². The number of alkyl halides is 1. The fourth-order valence-corrected chi connectivity index (χ4v) is 6.44. The highest BCUT2D eigenvalue weighted by atomic mass is 35.5. The third-order valence-corrected chi connectivity index (χ3v) is 8.49. The lowest BCUT2D eigenvalue weighted by molar-refractivity contribution is -0.139. The number of halogens is 1. The fourth-order valence-electron chi connectivity index (χ4n) is 5.20. The van der Waals surface area contributed by atoms with Crippen LogP contribution in [0.5, 0.6) is 0 Å². The number of amides is 2. The standard InChI is InChI=1S/C24H27ClN4O4S/c1-13-26-9-15(10-27-13)18-7-8-19(34-18)23(31)28-20(14-5-3-2-4-6-14)24(32)29-11-16(25)22-21(29)17(30)12-33-22/h7-10,14,16,20-22H,2-6,11-12H2,1H3,(H,28,31)/t16-,20-,21+,22+/m0/s1. The van der Waals surface area contributed by atoms with Crippen molar-refractivity contribution in [3.05, 3.63) is 35.2 Å². The van der Waals surface area contributed by atoms with Crippen molar-refractivity contribution in [2.24, 2.45) is 5.92 Å². The van der Waals surface area contributed by atoms with Crippen LogP contribution < -0.4 is 5.32 Å². The van der Waals surface area contributed by atoms with Crippen LogP contribution in [0, 0.1) is 12.8 Å². The molecule has 0 aromatic carbocycles. The smallest absolute Gasteiger partial charge is 0.262 e. The van der Waals surface area contributed by atoms with Crippen LogP contribution in [0.4, 0.5) is 0 Å². The highest BCUT2D eigenvalue weighted by Crippen LogP contribution is 2.34. The van der Waals surface area contributed by atoms with Crippen LogP contribution in [0.1, 0.15) is 47.6 Å². The Morgan fingerprint density at radius 1 is 1.21 bits per heavy atom. The Morgan fingerprint density at radius 2 is 1.94 bits per heavy atom. The number of aryl methyl sites for hydroxylation is 1. The third-order valence-electron chi connectivity index (χ3n) is 6.97. The van der Waals surface area contributed by atoms with Crippen LogP contribution in [0.15, 0.2) is 24.5 Å². The summed E-state index contributed by atoms with van der Waals surface area (Å²) in [4.78, 5) is 50.8. The maximum Gasteiger partial charge on any atom is 0.262 e. The number of thiophene rings is 1. The van der Waals surface area contributed by atoms with E-state index in [1.165, 1.54) is 11.3 Å². The number of carbonyl (C=O) groups is 3. The number of ether oxygens (including phenoxy) is 1. The summed E-state index contributed by atoms with van der Waals surface area (Å²) in [6, 6.07) is 2.26. The summed E-state index contributed by atoms with van der Waals surface area (Å²) < 4.78 is 5.54. The molecule has 10 heteroatoms. The molecular formula is C24H27ClN4O4S. The molecule has 4 atom stereocenters. The summed E-state index contributed by atoms with van der Waals surface area (Å²) in [5.74, 6) is 0.0572. The number of carbonyl (C=O) groups excluding carboxylic acids is 3. The van der Waals surface area contributed by atoms with Crippen molar-refractivity contribution in [1.29, 1.82) is 0 Å². The topological polar surface area (TPSA) is 101 Å². The largest absolute Gasteiger partial charge is 0.366 e. The zero-order chi connectivity index (χ0) is 23.8. The molecule has 3 aliphatic rings. The fraction of sp³-hybridized carbons (Fsp3) is 0.542. The van der Waals surface area contributed by atoms with E-state index in [1.807, 2.05) is 13.0 Å². The van der Waals surface area contributed by atoms with Gasteiger partial charge >= 0.3 is 0 Å². The third kappa shape index (κ3) is 4.48. The first kappa shape index (κ1) is 23.4. The lowest BCUT2D eigenvalue weighted by Gasteiger charge is -2.34. The van der Waals surface area contributed by atoms with Gasteiger partial charge in [-0.2, -0.15) is 0 Å². The van der Waals surface area contributed by atoms with Crippen molar-refractivity contribution in [3.63, 3.8) is 0 Å². The second-order valence-corrected chi connectivity index (χ2v) is 10.9. The number of ketones is 1. The van der Waals surface area contributed by atoms with Gasteiger partial charge in [-0.05, 0) is 37.8 Å². The molecule has 34 heavy (non-hydrogen) atoms. The Balaban J connectivity index is 1.36. The van der Waals surface area contributed by atoms with Gasteiger partial charge in [-0.3, -0.25) is 14.4 Å². The molecular weight excluding hydrogens is 476 g/mol. The summed E-state index contributed by atoms with van der Waals surface area (Å²) in [5.41, 5.74) is 0.838. The quantitative estimate of drug-likeness (QED) is 0.631. The lowest BCUT2D eigenvalue weighted by atomic mass is 9.83. The van der Waals surface area contributed by atoms with E-state index in [2.05, 4.69) is 15.3 Å². The molecule has 180 valence electrons. The molecule has 8 nitrogen and oxygen atoms in total. The van der Waals surface area contributed by atoms with Crippen LogP contribution in [0.25, 0.3) is 10.4 Å². The van der Waals surface area contributed by atoms with Crippen molar-refractivity contribution >= 4 is 40.5 Å². The van der Waals surface area contributed by atoms with E-state index in [-0.39, 0.29) is 36.7 Å². The highest BCUT2D eigenvalue weighted by molar-refractivity contribution is 7.17. The molecule has 1 saturated carbocycles. The zero-order valence-electron chi connectivity index (χ0n) is 18.9. The molecule has 0 bridgehead atoms. The van der Waals surface area contributed by atoms with Gasteiger partial charge in [0.25, 0.3) is 5.91 Å². The second-order valence-electron chi connectivity index (χ2n) is 9.23. The predicted octanol–water partition coefficient (Wildman–Crippen LogP) is 2.98. The van der Waals surface area contributed by atoms with Crippen LogP contribution in [-0.4, -0.2) is 69.2 Å². The molecule has 4 heterocycles. The molecule has 1 aliphatic carbocycles. The van der Waals surface area contributed by atoms with Crippen molar-refractivity contribution in [3.8, 4) is 10.4 Å². The maximum absolute atomic E-state index is 13.7. The minimum absolute atomic E-state index is 0.0243. The molecule has 2 amide bonds. The van der Waals surface area contributed by atoms with Gasteiger partial charge in [-0.15, -0.1) is 22.9 Å². The van der Waals surface area contributed by atoms with E-state index in [0.717, 1.165) is 42.5 Å². The van der Waals surface area contributed by atoms with Gasteiger partial charge in [0.15, 0.2) is 5.78 Å². The van der Waals surface area contributed by atoms with Crippen LogP contribution >= 0.6 is 22.9 Å². The summed E-state index contributed by atoms with van der Waals surface area (Å²) in [5, 5.41) is 2.59. The molecule has 3 fully saturated rings. The number of fused-ring (bicyclic) bond motifs is 1. The maximum atomic E-state index is 13.7. The predicted molar refractivity (Wildman–Crippen MR) is 128 cm³/mol. The molecule has 5 rings (SSSR count). The first-order chi connectivity index (χ1) is 16.4. The van der Waals surface area contributed by atoms with Gasteiger partial charge in [-0.25, -0.2) is 9.97 Å². The molecule has 2 aromatic heterocycles. The molecule has 1 N–H and O–H groups in total. The number of rotatable bonds is 5. The first-order valence-corrected chi connectivity index (χ1v) is 13.0. The molecule has 0 unspecified atom stereocenters. The van der Waals surface area contributed by atoms with Crippen LogP contribution in [0.3, 0.4) is 0 Å². The van der Waals surface area contributed by atoms with E-state index in [9.17, 15) is 14.4 Å². The number of Topliss-reactive ketones (excluding diaryl/α,β-unsaturated/α-hetero) is 1. The summed E-state index contributed by atoms with van der Waals surface area (Å²) in [6.45, 7) is 2.04. The van der Waals surface area contributed by atoms with Gasteiger partial charge in [-0.1, -0.05) is 19.3 Å². The van der Waals surface area contributed by atoms with Crippen molar-refractivity contribution in [2.75, 3.05) is 13.2 Å². The summed E-state index contributed by atoms with van der Waals surface area (Å²) in [6.07, 6.45) is 7.89. The Morgan fingerprint density at radius 3 is 2.68 bits per heavy atom. The SMILES string of the molecule is Cc1ncc(-c2ccc(C(=O)N[C@H](C(=O)N3C[C@H](Cl)[C@H]4OCC(=O)[C@H]43)C3CCCCC3)s2)cn1. The number of hydrogen-bond donors (Lipinski definition) is 1. The second kappa shape index (κ2) is 9.71. The van der Waals surface area contributed by atoms with Crippen LogP contribution in [0.2, 0.25) is 0 Å². The average Bonchev–Trinajstić information content (AvgIpc) is 3.56. The number of aromatic nitrogens is 2. The highest BCUT2D eigenvalue weighted by Gasteiger charge is 2.53. The van der Waals surface area contributed by atoms with Gasteiger partial charge in [0.2, 0.25) is 5.91 Å². The normalized spacial score (nSPS) is 25.9. The summed E-state index contributed by atoms with van der Waals surface area (Å²) in [7, 11) is 0. The average molecular weight is 503 g/mol. The molecule has 2 saturated heterocycles. The van der Waals surface area contributed by atoms with E-state index in [1.54, 1.807) is 23.4 Å². The molecule has 0 radical (unpaired) electrons. The summed E-state index contributed by atoms with van der Waals surface area (Å²) >= 11 is 7.75. The Kier molecular flexibility index (Phi) is 6.68. The van der Waals surface area contributed by atoms with Crippen LogP contribution in [-0.2, 0) is 14.3 Å². The Bertz CT molecular complexity index is 1080.